The third-order valence-electron chi connectivity index (χ3n) is 4.73. The number of hydrogen-bond acceptors (Lipinski definition) is 3. The molecule has 3 aromatic carbocycles. The molecule has 0 spiro atoms. The molecule has 2 saturated heterocycles. The molecule has 0 aliphatic carbocycles. The lowest BCUT2D eigenvalue weighted by molar-refractivity contribution is 0.415. The summed E-state index contributed by atoms with van der Waals surface area (Å²) in [6.07, 6.45) is 0.578. The van der Waals surface area contributed by atoms with Gasteiger partial charge >= 0.3 is 0 Å². The molecule has 2 heterocycles. The van der Waals surface area contributed by atoms with E-state index >= 15 is 0 Å². The van der Waals surface area contributed by atoms with E-state index in [1.54, 1.807) is 0 Å². The third kappa shape index (κ3) is 3.04. The molecule has 124 valence electrons. The van der Waals surface area contributed by atoms with Crippen LogP contribution >= 0.6 is 0 Å². The Bertz CT molecular complexity index is 795. The Hall–Kier alpha value is -2.62. The fourth-order valence-corrected chi connectivity index (χ4v) is 3.18. The predicted molar refractivity (Wildman–Crippen MR) is 98.5 cm³/mol. The number of rotatable bonds is 5. The Morgan fingerprint density at radius 3 is 1.36 bits per heavy atom. The SMILES string of the molecule is c1ccc(N(c2ccc(C3CO3)cc2)c2ccc(C3CO3)cc2)cc1. The highest BCUT2D eigenvalue weighted by Gasteiger charge is 2.26. The van der Waals surface area contributed by atoms with Crippen LogP contribution in [0.5, 0.6) is 0 Å². The van der Waals surface area contributed by atoms with E-state index in [1.165, 1.54) is 11.1 Å². The highest BCUT2D eigenvalue weighted by molar-refractivity contribution is 5.76. The van der Waals surface area contributed by atoms with Crippen molar-refractivity contribution >= 4 is 17.1 Å². The van der Waals surface area contributed by atoms with E-state index in [4.69, 9.17) is 9.47 Å². The first-order chi connectivity index (χ1) is 12.4. The summed E-state index contributed by atoms with van der Waals surface area (Å²) in [5.41, 5.74) is 5.93. The Morgan fingerprint density at radius 1 is 0.560 bits per heavy atom. The van der Waals surface area contributed by atoms with Gasteiger partial charge in [0.05, 0.1) is 13.2 Å². The van der Waals surface area contributed by atoms with Crippen LogP contribution in [-0.4, -0.2) is 13.2 Å². The maximum absolute atomic E-state index is 5.38. The van der Waals surface area contributed by atoms with Gasteiger partial charge in [-0.1, -0.05) is 42.5 Å². The summed E-state index contributed by atoms with van der Waals surface area (Å²) in [5, 5.41) is 0. The molecular formula is C22H19NO2. The van der Waals surface area contributed by atoms with Gasteiger partial charge in [-0.3, -0.25) is 0 Å². The number of anilines is 3. The average Bonchev–Trinajstić information content (AvgIpc) is 3.57. The maximum atomic E-state index is 5.38. The molecule has 3 heteroatoms. The molecule has 25 heavy (non-hydrogen) atoms. The van der Waals surface area contributed by atoms with Gasteiger partial charge in [0.15, 0.2) is 0 Å². The summed E-state index contributed by atoms with van der Waals surface area (Å²) >= 11 is 0. The number of benzene rings is 3. The number of hydrogen-bond donors (Lipinski definition) is 0. The quantitative estimate of drug-likeness (QED) is 0.595. The molecule has 5 rings (SSSR count). The predicted octanol–water partition coefficient (Wildman–Crippen LogP) is 5.30. The van der Waals surface area contributed by atoms with Gasteiger partial charge in [0.1, 0.15) is 12.2 Å². The lowest BCUT2D eigenvalue weighted by atomic mass is 10.1. The maximum Gasteiger partial charge on any atom is 0.106 e. The zero-order valence-electron chi connectivity index (χ0n) is 13.8. The van der Waals surface area contributed by atoms with Gasteiger partial charge in [0, 0.05) is 17.1 Å². The minimum absolute atomic E-state index is 0.289. The summed E-state index contributed by atoms with van der Waals surface area (Å²) in [6, 6.07) is 27.8. The lowest BCUT2D eigenvalue weighted by Crippen LogP contribution is -2.09. The normalized spacial score (nSPS) is 21.0. The number of ether oxygens (including phenoxy) is 2. The van der Waals surface area contributed by atoms with E-state index in [1.807, 2.05) is 6.07 Å². The van der Waals surface area contributed by atoms with Crippen LogP contribution in [0.25, 0.3) is 0 Å². The van der Waals surface area contributed by atoms with Crippen LogP contribution in [0.1, 0.15) is 23.3 Å². The van der Waals surface area contributed by atoms with Crippen molar-refractivity contribution in [2.75, 3.05) is 18.1 Å². The summed E-state index contributed by atoms with van der Waals surface area (Å²) < 4.78 is 10.8. The van der Waals surface area contributed by atoms with Crippen molar-refractivity contribution in [3.63, 3.8) is 0 Å². The number of nitrogens with zero attached hydrogens (tertiary/aromatic N) is 1. The molecule has 0 N–H and O–H groups in total. The summed E-state index contributed by atoms with van der Waals surface area (Å²) in [5.74, 6) is 0. The molecule has 2 fully saturated rings. The molecule has 0 saturated carbocycles. The second kappa shape index (κ2) is 6.03. The van der Waals surface area contributed by atoms with E-state index < -0.39 is 0 Å². The third-order valence-corrected chi connectivity index (χ3v) is 4.73. The number of epoxide rings is 2. The van der Waals surface area contributed by atoms with Crippen LogP contribution in [0.3, 0.4) is 0 Å². The van der Waals surface area contributed by atoms with E-state index in [9.17, 15) is 0 Å². The molecule has 0 aromatic heterocycles. The van der Waals surface area contributed by atoms with Crippen molar-refractivity contribution in [1.82, 2.24) is 0 Å². The van der Waals surface area contributed by atoms with Crippen molar-refractivity contribution in [2.24, 2.45) is 0 Å². The van der Waals surface area contributed by atoms with Crippen LogP contribution in [0.15, 0.2) is 78.9 Å². The van der Waals surface area contributed by atoms with Crippen molar-refractivity contribution in [2.45, 2.75) is 12.2 Å². The van der Waals surface area contributed by atoms with Crippen LogP contribution in [0.4, 0.5) is 17.1 Å². The van der Waals surface area contributed by atoms with E-state index in [0.29, 0.717) is 0 Å². The highest BCUT2D eigenvalue weighted by atomic mass is 16.6. The first kappa shape index (κ1) is 14.7. The zero-order chi connectivity index (χ0) is 16.6. The molecule has 0 amide bonds. The van der Waals surface area contributed by atoms with E-state index in [0.717, 1.165) is 30.3 Å². The van der Waals surface area contributed by atoms with Crippen LogP contribution in [0.2, 0.25) is 0 Å². The highest BCUT2D eigenvalue weighted by Crippen LogP contribution is 2.38. The second-order valence-electron chi connectivity index (χ2n) is 6.50. The summed E-state index contributed by atoms with van der Waals surface area (Å²) in [6.45, 7) is 1.68. The Balaban J connectivity index is 1.53. The van der Waals surface area contributed by atoms with Crippen LogP contribution in [-0.2, 0) is 9.47 Å². The van der Waals surface area contributed by atoms with Gasteiger partial charge in [-0.05, 0) is 47.5 Å². The van der Waals surface area contributed by atoms with Crippen LogP contribution in [0, 0.1) is 0 Å². The molecule has 3 aromatic rings. The molecule has 2 aliphatic rings. The van der Waals surface area contributed by atoms with Gasteiger partial charge in [-0.15, -0.1) is 0 Å². The Morgan fingerprint density at radius 2 is 0.960 bits per heavy atom. The fraction of sp³-hybridized carbons (Fsp3) is 0.182. The largest absolute Gasteiger partial charge is 0.368 e. The average molecular weight is 329 g/mol. The molecule has 2 aliphatic heterocycles. The van der Waals surface area contributed by atoms with Crippen molar-refractivity contribution in [3.05, 3.63) is 90.0 Å². The van der Waals surface area contributed by atoms with E-state index in [2.05, 4.69) is 77.7 Å². The van der Waals surface area contributed by atoms with Gasteiger partial charge < -0.3 is 14.4 Å². The summed E-state index contributed by atoms with van der Waals surface area (Å²) in [4.78, 5) is 2.27. The standard InChI is InChI=1S/C22H19NO2/c1-2-4-18(5-3-1)23(19-10-6-16(7-11-19)21-14-24-21)20-12-8-17(9-13-20)22-15-25-22/h1-13,21-22H,14-15H2. The van der Waals surface area contributed by atoms with Crippen LogP contribution < -0.4 is 4.90 Å². The smallest absolute Gasteiger partial charge is 0.106 e. The fourth-order valence-electron chi connectivity index (χ4n) is 3.18. The second-order valence-corrected chi connectivity index (χ2v) is 6.50. The Kier molecular flexibility index (Phi) is 3.54. The monoisotopic (exact) mass is 329 g/mol. The summed E-state index contributed by atoms with van der Waals surface area (Å²) in [7, 11) is 0. The molecule has 0 radical (unpaired) electrons. The molecular weight excluding hydrogens is 310 g/mol. The molecule has 3 nitrogen and oxygen atoms in total. The topological polar surface area (TPSA) is 28.3 Å². The lowest BCUT2D eigenvalue weighted by Gasteiger charge is -2.25. The van der Waals surface area contributed by atoms with Gasteiger partial charge in [-0.2, -0.15) is 0 Å². The van der Waals surface area contributed by atoms with Gasteiger partial charge in [0.2, 0.25) is 0 Å². The Labute approximate surface area is 147 Å². The van der Waals surface area contributed by atoms with Crippen molar-refractivity contribution in [1.29, 1.82) is 0 Å². The van der Waals surface area contributed by atoms with Crippen molar-refractivity contribution in [3.8, 4) is 0 Å². The minimum Gasteiger partial charge on any atom is -0.368 e. The van der Waals surface area contributed by atoms with Gasteiger partial charge in [-0.25, -0.2) is 0 Å². The zero-order valence-corrected chi connectivity index (χ0v) is 13.8. The molecule has 2 atom stereocenters. The minimum atomic E-state index is 0.289. The van der Waals surface area contributed by atoms with Crippen molar-refractivity contribution < 1.29 is 9.47 Å². The first-order valence-electron chi connectivity index (χ1n) is 8.67. The molecule has 2 unspecified atom stereocenters. The van der Waals surface area contributed by atoms with Gasteiger partial charge in [0.25, 0.3) is 0 Å². The first-order valence-corrected chi connectivity index (χ1v) is 8.67. The molecule has 0 bridgehead atoms. The number of para-hydroxylation sites is 1. The van der Waals surface area contributed by atoms with E-state index in [-0.39, 0.29) is 12.2 Å².